The predicted molar refractivity (Wildman–Crippen MR) is 82.1 cm³/mol. The van der Waals surface area contributed by atoms with Gasteiger partial charge in [-0.2, -0.15) is 5.10 Å². The van der Waals surface area contributed by atoms with Crippen LogP contribution in [0.4, 0.5) is 0 Å². The number of aryl methyl sites for hydroxylation is 1. The number of carbonyl (C=O) groups excluding carboxylic acids is 1. The van der Waals surface area contributed by atoms with Gasteiger partial charge in [0.2, 0.25) is 5.91 Å². The molecule has 114 valence electrons. The zero-order chi connectivity index (χ0) is 14.0. The van der Waals surface area contributed by atoms with Crippen LogP contribution in [0, 0.1) is 5.41 Å². The molecule has 1 amide bonds. The van der Waals surface area contributed by atoms with Gasteiger partial charge in [0, 0.05) is 38.3 Å². The first kappa shape index (κ1) is 17.3. The van der Waals surface area contributed by atoms with Gasteiger partial charge in [0.15, 0.2) is 0 Å². The van der Waals surface area contributed by atoms with Gasteiger partial charge in [-0.15, -0.1) is 12.4 Å². The molecule has 0 aromatic carbocycles. The second-order valence-corrected chi connectivity index (χ2v) is 6.31. The van der Waals surface area contributed by atoms with Crippen LogP contribution in [0.5, 0.6) is 0 Å². The Hall–Kier alpha value is -0.780. The number of carbonyl (C=O) groups is 1. The van der Waals surface area contributed by atoms with E-state index >= 15 is 0 Å². The first-order chi connectivity index (χ1) is 8.88. The number of aromatic nitrogens is 2. The molecule has 2 rings (SSSR count). The van der Waals surface area contributed by atoms with Crippen LogP contribution in [0.1, 0.15) is 26.7 Å². The van der Waals surface area contributed by atoms with E-state index in [9.17, 15) is 4.79 Å². The van der Waals surface area contributed by atoms with E-state index in [1.54, 1.807) is 17.1 Å². The summed E-state index contributed by atoms with van der Waals surface area (Å²) in [6, 6.07) is 0.168. The summed E-state index contributed by atoms with van der Waals surface area (Å²) in [7, 11) is 0. The largest absolute Gasteiger partial charge is 0.342 e. The fourth-order valence-corrected chi connectivity index (χ4v) is 2.57. The highest BCUT2D eigenvalue weighted by Crippen LogP contribution is 2.27. The van der Waals surface area contributed by atoms with E-state index < -0.39 is 0 Å². The first-order valence-electron chi connectivity index (χ1n) is 6.60. The lowest BCUT2D eigenvalue weighted by Crippen LogP contribution is -2.54. The molecule has 1 aliphatic rings. The molecule has 2 N–H and O–H groups in total. The summed E-state index contributed by atoms with van der Waals surface area (Å²) >= 11 is 5.79. The van der Waals surface area contributed by atoms with Crippen molar-refractivity contribution in [2.75, 3.05) is 13.1 Å². The molecule has 1 aliphatic heterocycles. The number of hydrogen-bond acceptors (Lipinski definition) is 3. The van der Waals surface area contributed by atoms with E-state index in [4.69, 9.17) is 17.3 Å². The topological polar surface area (TPSA) is 64.2 Å². The molecule has 0 saturated carbocycles. The Morgan fingerprint density at radius 1 is 1.60 bits per heavy atom. The predicted octanol–water partition coefficient (Wildman–Crippen LogP) is 1.93. The van der Waals surface area contributed by atoms with Gasteiger partial charge in [-0.3, -0.25) is 9.48 Å². The lowest BCUT2D eigenvalue weighted by molar-refractivity contribution is -0.134. The number of amides is 1. The summed E-state index contributed by atoms with van der Waals surface area (Å²) in [6.07, 6.45) is 4.62. The molecule has 5 nitrogen and oxygen atoms in total. The summed E-state index contributed by atoms with van der Waals surface area (Å²) in [6.45, 7) is 6.28. The van der Waals surface area contributed by atoms with Crippen molar-refractivity contribution in [1.29, 1.82) is 0 Å². The fraction of sp³-hybridized carbons (Fsp3) is 0.692. The van der Waals surface area contributed by atoms with Gasteiger partial charge in [0.1, 0.15) is 0 Å². The van der Waals surface area contributed by atoms with Gasteiger partial charge in [-0.05, 0) is 11.8 Å². The van der Waals surface area contributed by atoms with Gasteiger partial charge in [-0.1, -0.05) is 25.4 Å². The quantitative estimate of drug-likeness (QED) is 0.925. The Morgan fingerprint density at radius 3 is 2.85 bits per heavy atom. The summed E-state index contributed by atoms with van der Waals surface area (Å²) in [4.78, 5) is 14.1. The number of piperidine rings is 1. The lowest BCUT2D eigenvalue weighted by Gasteiger charge is -2.42. The summed E-state index contributed by atoms with van der Waals surface area (Å²) < 4.78 is 1.70. The van der Waals surface area contributed by atoms with Crippen molar-refractivity contribution >= 4 is 29.9 Å². The molecule has 20 heavy (non-hydrogen) atoms. The molecule has 1 atom stereocenters. The average Bonchev–Trinajstić information content (AvgIpc) is 2.75. The van der Waals surface area contributed by atoms with Gasteiger partial charge in [-0.25, -0.2) is 0 Å². The van der Waals surface area contributed by atoms with E-state index in [0.29, 0.717) is 18.0 Å². The van der Waals surface area contributed by atoms with Crippen LogP contribution in [0.2, 0.25) is 5.02 Å². The maximum absolute atomic E-state index is 12.2. The van der Waals surface area contributed by atoms with Crippen LogP contribution in [0.25, 0.3) is 0 Å². The number of halogens is 2. The molecule has 1 aromatic rings. The Labute approximate surface area is 130 Å². The van der Waals surface area contributed by atoms with Gasteiger partial charge < -0.3 is 10.6 Å². The van der Waals surface area contributed by atoms with Crippen molar-refractivity contribution in [3.63, 3.8) is 0 Å². The number of nitrogens with zero attached hydrogens (tertiary/aromatic N) is 3. The van der Waals surface area contributed by atoms with Crippen LogP contribution in [0.15, 0.2) is 12.4 Å². The highest BCUT2D eigenvalue weighted by atomic mass is 35.5. The third kappa shape index (κ3) is 4.11. The van der Waals surface area contributed by atoms with Crippen LogP contribution in [0.3, 0.4) is 0 Å². The molecule has 0 aliphatic carbocycles. The molecular weight excluding hydrogens is 299 g/mol. The second kappa shape index (κ2) is 6.78. The average molecular weight is 321 g/mol. The molecule has 7 heteroatoms. The van der Waals surface area contributed by atoms with Gasteiger partial charge >= 0.3 is 0 Å². The first-order valence-corrected chi connectivity index (χ1v) is 6.97. The highest BCUT2D eigenvalue weighted by molar-refractivity contribution is 6.30. The molecule has 1 unspecified atom stereocenters. The van der Waals surface area contributed by atoms with Crippen molar-refractivity contribution in [3.05, 3.63) is 17.4 Å². The molecule has 1 aromatic heterocycles. The molecule has 0 spiro atoms. The van der Waals surface area contributed by atoms with Crippen molar-refractivity contribution in [2.45, 2.75) is 39.3 Å². The minimum Gasteiger partial charge on any atom is -0.342 e. The normalized spacial score (nSPS) is 21.4. The van der Waals surface area contributed by atoms with Crippen LogP contribution in [-0.4, -0.2) is 39.7 Å². The zero-order valence-corrected chi connectivity index (χ0v) is 13.5. The van der Waals surface area contributed by atoms with Gasteiger partial charge in [0.25, 0.3) is 0 Å². The van der Waals surface area contributed by atoms with E-state index in [0.717, 1.165) is 19.5 Å². The third-order valence-corrected chi connectivity index (χ3v) is 4.02. The van der Waals surface area contributed by atoms with Crippen molar-refractivity contribution < 1.29 is 4.79 Å². The summed E-state index contributed by atoms with van der Waals surface area (Å²) in [5.41, 5.74) is 6.06. The second-order valence-electron chi connectivity index (χ2n) is 5.87. The smallest absolute Gasteiger partial charge is 0.224 e. The third-order valence-electron chi connectivity index (χ3n) is 3.82. The summed E-state index contributed by atoms with van der Waals surface area (Å²) in [5.74, 6) is 0.159. The number of nitrogens with two attached hydrogens (primary N) is 1. The summed E-state index contributed by atoms with van der Waals surface area (Å²) in [5, 5.41) is 4.66. The monoisotopic (exact) mass is 320 g/mol. The minimum absolute atomic E-state index is 0. The maximum atomic E-state index is 12.2. The standard InChI is InChI=1S/C13H21ClN4O.ClH/c1-13(2)9-17(5-3-11(13)15)12(19)4-6-18-8-10(14)7-16-18;/h7-8,11H,3-6,9,15H2,1-2H3;1H. The molecule has 0 bridgehead atoms. The van der Waals surface area contributed by atoms with Crippen molar-refractivity contribution in [3.8, 4) is 0 Å². The van der Waals surface area contributed by atoms with Crippen LogP contribution in [-0.2, 0) is 11.3 Å². The Balaban J connectivity index is 0.00000200. The van der Waals surface area contributed by atoms with E-state index in [1.807, 2.05) is 4.90 Å². The Bertz CT molecular complexity index is 461. The molecule has 1 saturated heterocycles. The molecule has 2 heterocycles. The number of likely N-dealkylation sites (tertiary alicyclic amines) is 1. The Morgan fingerprint density at radius 2 is 2.30 bits per heavy atom. The maximum Gasteiger partial charge on any atom is 0.224 e. The Kier molecular flexibility index (Phi) is 5.86. The molecule has 0 radical (unpaired) electrons. The number of hydrogen-bond donors (Lipinski definition) is 1. The minimum atomic E-state index is -0.0110. The van der Waals surface area contributed by atoms with Gasteiger partial charge in [0.05, 0.1) is 11.2 Å². The van der Waals surface area contributed by atoms with Crippen molar-refractivity contribution in [2.24, 2.45) is 11.1 Å². The molecular formula is C13H22Cl2N4O. The van der Waals surface area contributed by atoms with E-state index in [2.05, 4.69) is 18.9 Å². The number of rotatable bonds is 3. The SMILES string of the molecule is CC1(C)CN(C(=O)CCn2cc(Cl)cn2)CCC1N.Cl. The van der Waals surface area contributed by atoms with Crippen LogP contribution < -0.4 is 5.73 Å². The van der Waals surface area contributed by atoms with E-state index in [-0.39, 0.29) is 29.8 Å². The van der Waals surface area contributed by atoms with Crippen molar-refractivity contribution in [1.82, 2.24) is 14.7 Å². The van der Waals surface area contributed by atoms with Crippen LogP contribution >= 0.6 is 24.0 Å². The van der Waals surface area contributed by atoms with E-state index in [1.165, 1.54) is 0 Å². The highest BCUT2D eigenvalue weighted by Gasteiger charge is 2.34. The molecule has 1 fully saturated rings. The zero-order valence-electron chi connectivity index (χ0n) is 11.9. The fourth-order valence-electron chi connectivity index (χ4n) is 2.42. The lowest BCUT2D eigenvalue weighted by atomic mass is 9.79.